The molecule has 0 bridgehead atoms. The van der Waals surface area contributed by atoms with Crippen LogP contribution in [0.1, 0.15) is 55.0 Å². The predicted octanol–water partition coefficient (Wildman–Crippen LogP) is 4.07. The Hall–Kier alpha value is -1.42. The number of benzene rings is 1. The van der Waals surface area contributed by atoms with Gasteiger partial charge in [-0.25, -0.2) is 4.98 Å². The molecule has 0 atom stereocenters. The van der Waals surface area contributed by atoms with E-state index in [4.69, 9.17) is 0 Å². The van der Waals surface area contributed by atoms with Gasteiger partial charge in [-0.15, -0.1) is 11.3 Å². The van der Waals surface area contributed by atoms with E-state index in [1.165, 1.54) is 17.8 Å². The molecule has 2 aliphatic carbocycles. The summed E-state index contributed by atoms with van der Waals surface area (Å²) < 4.78 is 1.15. The van der Waals surface area contributed by atoms with Crippen LogP contribution in [0.3, 0.4) is 0 Å². The molecule has 1 aromatic carbocycles. The fraction of sp³-hybridized carbons (Fsp3) is 0.500. The topological polar surface area (TPSA) is 50.2 Å². The number of fused-ring (bicyclic) bond motifs is 1. The first kappa shape index (κ1) is 12.3. The number of thiazole rings is 1. The smallest absolute Gasteiger partial charge is 0.314 e. The summed E-state index contributed by atoms with van der Waals surface area (Å²) in [7, 11) is 0. The zero-order valence-electron chi connectivity index (χ0n) is 11.3. The van der Waals surface area contributed by atoms with E-state index < -0.39 is 11.4 Å². The van der Waals surface area contributed by atoms with Crippen LogP contribution in [-0.2, 0) is 10.2 Å². The second-order valence-electron chi connectivity index (χ2n) is 6.10. The standard InChI is InChI=1S/C16H17NO2S/c18-15(19)16(7-1-2-8-16)11-5-6-12-13(9-11)20-14(17-12)10-3-4-10/h5-6,9-10H,1-4,7-8H2,(H,18,19). The van der Waals surface area contributed by atoms with Crippen LogP contribution in [0.5, 0.6) is 0 Å². The van der Waals surface area contributed by atoms with Crippen LogP contribution in [0.4, 0.5) is 0 Å². The third kappa shape index (κ3) is 1.78. The van der Waals surface area contributed by atoms with Gasteiger partial charge in [-0.3, -0.25) is 4.79 Å². The van der Waals surface area contributed by atoms with Gasteiger partial charge >= 0.3 is 5.97 Å². The SMILES string of the molecule is O=C(O)C1(c2ccc3nc(C4CC4)sc3c2)CCCC1. The summed E-state index contributed by atoms with van der Waals surface area (Å²) in [5, 5.41) is 10.9. The monoisotopic (exact) mass is 287 g/mol. The molecule has 0 spiro atoms. The molecule has 104 valence electrons. The van der Waals surface area contributed by atoms with Crippen molar-refractivity contribution in [3.05, 3.63) is 28.8 Å². The van der Waals surface area contributed by atoms with Gasteiger partial charge in [0.05, 0.1) is 20.6 Å². The van der Waals surface area contributed by atoms with Crippen molar-refractivity contribution < 1.29 is 9.90 Å². The number of aliphatic carboxylic acids is 1. The van der Waals surface area contributed by atoms with E-state index in [0.29, 0.717) is 5.92 Å². The van der Waals surface area contributed by atoms with Crippen molar-refractivity contribution in [3.8, 4) is 0 Å². The van der Waals surface area contributed by atoms with Crippen LogP contribution in [0.25, 0.3) is 10.2 Å². The highest BCUT2D eigenvalue weighted by molar-refractivity contribution is 7.18. The molecule has 1 heterocycles. The lowest BCUT2D eigenvalue weighted by atomic mass is 9.79. The number of rotatable bonds is 3. The largest absolute Gasteiger partial charge is 0.481 e. The molecule has 0 radical (unpaired) electrons. The predicted molar refractivity (Wildman–Crippen MR) is 79.4 cm³/mol. The van der Waals surface area contributed by atoms with Crippen molar-refractivity contribution >= 4 is 27.5 Å². The summed E-state index contributed by atoms with van der Waals surface area (Å²) >= 11 is 1.75. The average molecular weight is 287 g/mol. The molecule has 0 aliphatic heterocycles. The van der Waals surface area contributed by atoms with E-state index in [0.717, 1.165) is 41.5 Å². The van der Waals surface area contributed by atoms with Crippen LogP contribution in [0.2, 0.25) is 0 Å². The lowest BCUT2D eigenvalue weighted by Gasteiger charge is -2.24. The molecule has 0 saturated heterocycles. The third-order valence-corrected chi connectivity index (χ3v) is 5.93. The maximum absolute atomic E-state index is 11.8. The van der Waals surface area contributed by atoms with E-state index in [1.54, 1.807) is 11.3 Å². The van der Waals surface area contributed by atoms with Gasteiger partial charge in [0.15, 0.2) is 0 Å². The second-order valence-corrected chi connectivity index (χ2v) is 7.17. The van der Waals surface area contributed by atoms with Crippen molar-refractivity contribution in [2.45, 2.75) is 49.9 Å². The molecule has 1 N–H and O–H groups in total. The molecule has 3 nitrogen and oxygen atoms in total. The van der Waals surface area contributed by atoms with Gasteiger partial charge in [-0.05, 0) is 43.4 Å². The Bertz CT molecular complexity index is 681. The lowest BCUT2D eigenvalue weighted by molar-refractivity contribution is -0.143. The highest BCUT2D eigenvalue weighted by Gasteiger charge is 2.43. The molecule has 2 aliphatic rings. The first-order chi connectivity index (χ1) is 9.69. The Morgan fingerprint density at radius 3 is 2.70 bits per heavy atom. The van der Waals surface area contributed by atoms with Crippen molar-refractivity contribution in [2.24, 2.45) is 0 Å². The van der Waals surface area contributed by atoms with Crippen molar-refractivity contribution in [1.82, 2.24) is 4.98 Å². The van der Waals surface area contributed by atoms with E-state index in [2.05, 4.69) is 11.1 Å². The molecule has 4 rings (SSSR count). The number of carbonyl (C=O) groups is 1. The maximum atomic E-state index is 11.8. The molecular formula is C16H17NO2S. The van der Waals surface area contributed by atoms with E-state index in [-0.39, 0.29) is 0 Å². The first-order valence-corrected chi connectivity index (χ1v) is 8.15. The number of hydrogen-bond acceptors (Lipinski definition) is 3. The first-order valence-electron chi connectivity index (χ1n) is 7.33. The summed E-state index contributed by atoms with van der Waals surface area (Å²) in [6.45, 7) is 0. The lowest BCUT2D eigenvalue weighted by Crippen LogP contribution is -2.32. The van der Waals surface area contributed by atoms with Crippen molar-refractivity contribution in [1.29, 1.82) is 0 Å². The number of nitrogens with zero attached hydrogens (tertiary/aromatic N) is 1. The quantitative estimate of drug-likeness (QED) is 0.925. The minimum atomic E-state index is -0.665. The summed E-state index contributed by atoms with van der Waals surface area (Å²) in [5.74, 6) is -0.00273. The summed E-state index contributed by atoms with van der Waals surface area (Å²) in [6.07, 6.45) is 6.07. The van der Waals surface area contributed by atoms with Gasteiger partial charge in [0.25, 0.3) is 0 Å². The normalized spacial score (nSPS) is 21.4. The number of carboxylic acids is 1. The van der Waals surface area contributed by atoms with Gasteiger partial charge in [0.1, 0.15) is 0 Å². The minimum absolute atomic E-state index is 0.655. The van der Waals surface area contributed by atoms with E-state index >= 15 is 0 Å². The molecule has 20 heavy (non-hydrogen) atoms. The highest BCUT2D eigenvalue weighted by atomic mass is 32.1. The van der Waals surface area contributed by atoms with Gasteiger partial charge in [-0.1, -0.05) is 18.9 Å². The fourth-order valence-corrected chi connectivity index (χ4v) is 4.53. The molecule has 2 saturated carbocycles. The molecular weight excluding hydrogens is 270 g/mol. The minimum Gasteiger partial charge on any atom is -0.481 e. The second kappa shape index (κ2) is 4.29. The molecule has 0 unspecified atom stereocenters. The fourth-order valence-electron chi connectivity index (χ4n) is 3.35. The number of hydrogen-bond donors (Lipinski definition) is 1. The molecule has 4 heteroatoms. The van der Waals surface area contributed by atoms with Crippen molar-refractivity contribution in [3.63, 3.8) is 0 Å². The summed E-state index contributed by atoms with van der Waals surface area (Å²) in [6, 6.07) is 6.08. The van der Waals surface area contributed by atoms with Gasteiger partial charge < -0.3 is 5.11 Å². The van der Waals surface area contributed by atoms with Gasteiger partial charge in [0.2, 0.25) is 0 Å². The van der Waals surface area contributed by atoms with Crippen molar-refractivity contribution in [2.75, 3.05) is 0 Å². The van der Waals surface area contributed by atoms with Crippen LogP contribution < -0.4 is 0 Å². The number of aromatic nitrogens is 1. The van der Waals surface area contributed by atoms with E-state index in [1.807, 2.05) is 12.1 Å². The molecule has 2 fully saturated rings. The summed E-state index contributed by atoms with van der Waals surface area (Å²) in [5.41, 5.74) is 1.35. The van der Waals surface area contributed by atoms with Gasteiger partial charge in [0, 0.05) is 5.92 Å². The number of carboxylic acid groups (broad SMARTS) is 1. The maximum Gasteiger partial charge on any atom is 0.314 e. The Labute approximate surface area is 121 Å². The summed E-state index contributed by atoms with van der Waals surface area (Å²) in [4.78, 5) is 16.5. The Morgan fingerprint density at radius 1 is 1.30 bits per heavy atom. The van der Waals surface area contributed by atoms with Gasteiger partial charge in [-0.2, -0.15) is 0 Å². The average Bonchev–Trinajstić information content (AvgIpc) is 3.02. The van der Waals surface area contributed by atoms with Crippen LogP contribution in [0.15, 0.2) is 18.2 Å². The zero-order chi connectivity index (χ0) is 13.7. The Morgan fingerprint density at radius 2 is 2.05 bits per heavy atom. The van der Waals surface area contributed by atoms with Crippen LogP contribution >= 0.6 is 11.3 Å². The Kier molecular flexibility index (Phi) is 2.64. The molecule has 2 aromatic rings. The van der Waals surface area contributed by atoms with E-state index in [9.17, 15) is 9.90 Å². The Balaban J connectivity index is 1.81. The van der Waals surface area contributed by atoms with Crippen LogP contribution in [-0.4, -0.2) is 16.1 Å². The zero-order valence-corrected chi connectivity index (χ0v) is 12.1. The molecule has 1 aromatic heterocycles. The van der Waals surface area contributed by atoms with Crippen LogP contribution in [0, 0.1) is 0 Å². The third-order valence-electron chi connectivity index (χ3n) is 4.75. The highest BCUT2D eigenvalue weighted by Crippen LogP contribution is 2.45. The molecule has 0 amide bonds.